The number of alkyl halides is 2. The largest absolute Gasteiger partial charge is 1.00 e. The van der Waals surface area contributed by atoms with Crippen LogP contribution in [0.15, 0.2) is 88.3 Å². The molecular formula is C44H53F2KN5O13PS2. The number of amides is 3. The third kappa shape index (κ3) is 14.2. The van der Waals surface area contributed by atoms with Crippen molar-refractivity contribution in [2.24, 2.45) is 0 Å². The molecule has 2 heterocycles. The van der Waals surface area contributed by atoms with Crippen LogP contribution in [-0.4, -0.2) is 89.9 Å². The van der Waals surface area contributed by atoms with Gasteiger partial charge in [0.2, 0.25) is 23.4 Å². The number of anilines is 2. The number of allylic oxidation sites excluding steroid dienone is 4. The van der Waals surface area contributed by atoms with Gasteiger partial charge in [-0.1, -0.05) is 19.9 Å². The number of nitrogens with one attached hydrogen (secondary N) is 3. The molecule has 0 radical (unpaired) electrons. The summed E-state index contributed by atoms with van der Waals surface area (Å²) in [4.78, 5) is 56.5. The van der Waals surface area contributed by atoms with Crippen LogP contribution in [0.3, 0.4) is 0 Å². The monoisotopic (exact) mass is 1030 g/mol. The van der Waals surface area contributed by atoms with Crippen molar-refractivity contribution in [1.29, 1.82) is 0 Å². The van der Waals surface area contributed by atoms with Gasteiger partial charge in [-0.2, -0.15) is 4.58 Å². The Hall–Kier alpha value is -3.71. The van der Waals surface area contributed by atoms with Gasteiger partial charge in [0.25, 0.3) is 6.43 Å². The van der Waals surface area contributed by atoms with Crippen molar-refractivity contribution in [3.05, 3.63) is 95.2 Å². The number of hydrogen-bond acceptors (Lipinski definition) is 12. The quantitative estimate of drug-likeness (QED) is 0.0338. The minimum atomic E-state index is -5.11. The molecular weight excluding hydrogens is 979 g/mol. The first-order valence-corrected chi connectivity index (χ1v) is 25.5. The summed E-state index contributed by atoms with van der Waals surface area (Å²) in [5, 5.41) is 7.63. The van der Waals surface area contributed by atoms with E-state index >= 15 is 0 Å². The number of benzene rings is 3. The molecule has 3 amide bonds. The summed E-state index contributed by atoms with van der Waals surface area (Å²) in [6.45, 7) is 10.9. The summed E-state index contributed by atoms with van der Waals surface area (Å²) in [5.41, 5.74) is 2.17. The smallest absolute Gasteiger partial charge is 0.744 e. The van der Waals surface area contributed by atoms with Crippen molar-refractivity contribution in [3.8, 4) is 5.75 Å². The second kappa shape index (κ2) is 23.0. The molecule has 3 aromatic carbocycles. The molecule has 0 atom stereocenters. The number of carbonyl (C=O) groups excluding carboxylic acids is 3. The van der Waals surface area contributed by atoms with Gasteiger partial charge in [0.15, 0.2) is 5.71 Å². The molecule has 2 aliphatic heterocycles. The Labute approximate surface area is 436 Å². The zero-order valence-electron chi connectivity index (χ0n) is 38.4. The maximum Gasteiger partial charge on any atom is 1.00 e. The zero-order valence-corrected chi connectivity index (χ0v) is 44.0. The fourth-order valence-corrected chi connectivity index (χ4v) is 9.62. The van der Waals surface area contributed by atoms with Crippen LogP contribution in [0, 0.1) is 0 Å². The maximum atomic E-state index is 13.4. The Morgan fingerprint density at radius 2 is 1.41 bits per heavy atom. The van der Waals surface area contributed by atoms with Gasteiger partial charge in [0.1, 0.15) is 32.5 Å². The Balaban J connectivity index is 0.0000101. The molecule has 0 spiro atoms. The van der Waals surface area contributed by atoms with Crippen LogP contribution in [0.5, 0.6) is 5.75 Å². The van der Waals surface area contributed by atoms with Gasteiger partial charge in [0.05, 0.1) is 20.8 Å². The first kappa shape index (κ1) is 56.9. The molecule has 2 aliphatic rings. The molecule has 5 rings (SSSR count). The normalized spacial score (nSPS) is 15.9. The first-order valence-electron chi connectivity index (χ1n) is 21.2. The molecule has 0 aromatic heterocycles. The van der Waals surface area contributed by atoms with Crippen LogP contribution in [0.25, 0.3) is 0 Å². The third-order valence-electron chi connectivity index (χ3n) is 11.5. The van der Waals surface area contributed by atoms with Gasteiger partial charge >= 0.3 is 59.2 Å². The van der Waals surface area contributed by atoms with Crippen molar-refractivity contribution in [2.75, 3.05) is 36.4 Å². The fraction of sp³-hybridized carbons (Fsp3) is 0.409. The van der Waals surface area contributed by atoms with Crippen LogP contribution < -0.4 is 76.8 Å². The number of unbranched alkanes of at least 4 members (excludes halogenated alkanes) is 2. The Morgan fingerprint density at radius 3 is 2.00 bits per heavy atom. The van der Waals surface area contributed by atoms with Gasteiger partial charge < -0.3 is 34.5 Å². The molecule has 3 aromatic rings. The van der Waals surface area contributed by atoms with E-state index in [9.17, 15) is 53.7 Å². The van der Waals surface area contributed by atoms with E-state index in [0.29, 0.717) is 43.5 Å². The molecule has 0 saturated carbocycles. The van der Waals surface area contributed by atoms with E-state index in [-0.39, 0.29) is 105 Å². The molecule has 0 fully saturated rings. The standard InChI is InChI=1S/C44H54F2N5O13PS2.K/c1-6-50-34-17-15-29(66(58,59)60)26-32(34)43(2,3)37(50)11-10-12-38-44(4,5)33-27-30(67(61,62)63)16-18-35(33)51(38)24-9-7-8-13-39(52)47-22-23-48-40(53)20-21-41(54)49-28-14-19-36(64-65(55,56)57)31(25-28)42(45)46;/h10-12,14-19,25-27,42H,6-9,13,20-24H2,1-5H3,(H6-,47,48,49,52,53,54,55,56,57,58,59,60,61,62,63);/q;+1/p-1. The maximum absolute atomic E-state index is 13.4. The van der Waals surface area contributed by atoms with Crippen LogP contribution in [0.2, 0.25) is 0 Å². The number of fused-ring (bicyclic) bond motifs is 2. The summed E-state index contributed by atoms with van der Waals surface area (Å²) in [7, 11) is -14.5. The summed E-state index contributed by atoms with van der Waals surface area (Å²) >= 11 is 0. The van der Waals surface area contributed by atoms with E-state index in [1.54, 1.807) is 12.1 Å². The van der Waals surface area contributed by atoms with Crippen LogP contribution in [-0.2, 0) is 50.0 Å². The van der Waals surface area contributed by atoms with Gasteiger partial charge in [-0.05, 0) is 93.8 Å². The minimum absolute atomic E-state index is 0. The molecule has 5 N–H and O–H groups in total. The van der Waals surface area contributed by atoms with E-state index in [1.807, 2.05) is 57.7 Å². The van der Waals surface area contributed by atoms with Crippen LogP contribution in [0.4, 0.5) is 25.8 Å². The number of halogens is 2. The molecule has 0 bridgehead atoms. The van der Waals surface area contributed by atoms with Gasteiger partial charge in [-0.3, -0.25) is 24.2 Å². The fourth-order valence-electron chi connectivity index (χ4n) is 8.20. The molecule has 68 heavy (non-hydrogen) atoms. The topological polar surface area (TPSA) is 275 Å². The van der Waals surface area contributed by atoms with Crippen molar-refractivity contribution in [2.45, 2.75) is 100 Å². The Kier molecular flexibility index (Phi) is 19.2. The summed E-state index contributed by atoms with van der Waals surface area (Å²) in [6.07, 6.45) is 3.98. The summed E-state index contributed by atoms with van der Waals surface area (Å²) in [5.74, 6) is -2.19. The van der Waals surface area contributed by atoms with E-state index in [2.05, 4.69) is 25.0 Å². The van der Waals surface area contributed by atoms with E-state index < -0.39 is 68.4 Å². The molecule has 0 aliphatic carbocycles. The number of phosphoric ester groups is 1. The molecule has 364 valence electrons. The van der Waals surface area contributed by atoms with Crippen molar-refractivity contribution in [1.82, 2.24) is 10.6 Å². The SMILES string of the molecule is CCN1C(=CC=CC2=[N+](CCCCCC(=O)NCCNC(=O)CCC(=O)Nc3ccc(OP(=O)(O)O)c(C(F)F)c3)c3ccc(S(=O)(=O)[O-])cc3C2(C)C)C(C)(C)c2cc(S(=O)(=O)[O-])ccc21.[K+]. The van der Waals surface area contributed by atoms with Crippen molar-refractivity contribution < 1.29 is 124 Å². The number of rotatable bonds is 21. The molecule has 0 saturated heterocycles. The number of nitrogens with zero attached hydrogens (tertiary/aromatic N) is 2. The number of hydrogen-bond donors (Lipinski definition) is 5. The average Bonchev–Trinajstić information content (AvgIpc) is 3.58. The predicted molar refractivity (Wildman–Crippen MR) is 241 cm³/mol. The van der Waals surface area contributed by atoms with Crippen molar-refractivity contribution >= 4 is 68.6 Å². The van der Waals surface area contributed by atoms with Crippen molar-refractivity contribution in [3.63, 3.8) is 0 Å². The van der Waals surface area contributed by atoms with E-state index in [1.165, 1.54) is 24.3 Å². The van der Waals surface area contributed by atoms with Gasteiger partial charge in [-0.15, -0.1) is 0 Å². The van der Waals surface area contributed by atoms with E-state index in [4.69, 9.17) is 9.79 Å². The summed E-state index contributed by atoms with van der Waals surface area (Å²) in [6, 6.07) is 11.4. The molecule has 18 nitrogen and oxygen atoms in total. The number of phosphoric acid groups is 1. The Bertz CT molecular complexity index is 2800. The van der Waals surface area contributed by atoms with Crippen LogP contribution >= 0.6 is 7.82 Å². The average molecular weight is 1030 g/mol. The zero-order chi connectivity index (χ0) is 49.7. The number of carbonyl (C=O) groups is 3. The Morgan fingerprint density at radius 1 is 0.824 bits per heavy atom. The van der Waals surface area contributed by atoms with Gasteiger partial charge in [0, 0.05) is 85.5 Å². The first-order chi connectivity index (χ1) is 31.1. The van der Waals surface area contributed by atoms with E-state index in [0.717, 1.165) is 41.0 Å². The van der Waals surface area contributed by atoms with Gasteiger partial charge in [-0.25, -0.2) is 30.2 Å². The summed E-state index contributed by atoms with van der Waals surface area (Å²) < 4.78 is 116. The third-order valence-corrected chi connectivity index (χ3v) is 13.6. The second-order valence-electron chi connectivity index (χ2n) is 16.9. The number of likely N-dealkylation sites (N-methyl/N-ethyl adjacent to an activating group) is 1. The minimum Gasteiger partial charge on any atom is -0.744 e. The predicted octanol–water partition coefficient (Wildman–Crippen LogP) is 2.75. The molecule has 0 unspecified atom stereocenters. The molecule has 24 heteroatoms. The second-order valence-corrected chi connectivity index (χ2v) is 20.8. The van der Waals surface area contributed by atoms with Crippen LogP contribution in [0.1, 0.15) is 96.3 Å².